The molecule has 236 valence electrons. The second-order valence-electron chi connectivity index (χ2n) is 11.4. The van der Waals surface area contributed by atoms with E-state index in [-0.39, 0.29) is 35.0 Å². The molecular formula is C33H29Cl3N6O3S. The van der Waals surface area contributed by atoms with Crippen LogP contribution in [-0.2, 0) is 9.59 Å². The highest BCUT2D eigenvalue weighted by Crippen LogP contribution is 2.39. The first-order valence-corrected chi connectivity index (χ1v) is 16.6. The number of rotatable bonds is 8. The Balaban J connectivity index is 1.11. The summed E-state index contributed by atoms with van der Waals surface area (Å²) in [5.41, 5.74) is 4.06. The van der Waals surface area contributed by atoms with E-state index in [9.17, 15) is 14.4 Å². The molecule has 9 nitrogen and oxygen atoms in total. The van der Waals surface area contributed by atoms with Crippen molar-refractivity contribution in [3.63, 3.8) is 0 Å². The second kappa shape index (κ2) is 13.1. The molecule has 2 amide bonds. The van der Waals surface area contributed by atoms with Crippen molar-refractivity contribution in [2.45, 2.75) is 58.2 Å². The number of aryl methyl sites for hydroxylation is 2. The minimum Gasteiger partial charge on any atom is -0.353 e. The Morgan fingerprint density at radius 1 is 0.935 bits per heavy atom. The minimum atomic E-state index is -0.571. The molecule has 0 spiro atoms. The molecule has 2 N–H and O–H groups in total. The summed E-state index contributed by atoms with van der Waals surface area (Å²) in [4.78, 5) is 44.5. The van der Waals surface area contributed by atoms with Gasteiger partial charge < -0.3 is 10.6 Å². The van der Waals surface area contributed by atoms with Crippen LogP contribution in [0, 0.1) is 20.8 Å². The maximum absolute atomic E-state index is 13.3. The zero-order valence-corrected chi connectivity index (χ0v) is 28.2. The zero-order valence-electron chi connectivity index (χ0n) is 25.1. The van der Waals surface area contributed by atoms with Gasteiger partial charge in [-0.3, -0.25) is 23.9 Å². The molecule has 0 bridgehead atoms. The molecule has 2 aromatic carbocycles. The van der Waals surface area contributed by atoms with E-state index in [1.165, 1.54) is 29.2 Å². The minimum absolute atomic E-state index is 0.0772. The third kappa shape index (κ3) is 6.53. The molecular weight excluding hydrogens is 667 g/mol. The lowest BCUT2D eigenvalue weighted by Crippen LogP contribution is -2.53. The van der Waals surface area contributed by atoms with Crippen molar-refractivity contribution in [2.24, 2.45) is 4.99 Å². The molecule has 3 heterocycles. The van der Waals surface area contributed by atoms with Crippen LogP contribution in [0.15, 0.2) is 59.6 Å². The summed E-state index contributed by atoms with van der Waals surface area (Å²) < 4.78 is 2.01. The number of thiophene rings is 1. The van der Waals surface area contributed by atoms with Crippen LogP contribution in [0.4, 0.5) is 0 Å². The van der Waals surface area contributed by atoms with Gasteiger partial charge in [-0.2, -0.15) is 0 Å². The number of ketones is 1. The molecule has 1 atom stereocenters. The average molecular weight is 696 g/mol. The predicted molar refractivity (Wildman–Crippen MR) is 181 cm³/mol. The van der Waals surface area contributed by atoms with Gasteiger partial charge in [0.25, 0.3) is 0 Å². The highest BCUT2D eigenvalue weighted by atomic mass is 35.5. The molecule has 4 aromatic rings. The summed E-state index contributed by atoms with van der Waals surface area (Å²) in [6.45, 7) is 6.06. The summed E-state index contributed by atoms with van der Waals surface area (Å²) in [5, 5.41) is 17.0. The number of hydrogen-bond donors (Lipinski definition) is 2. The van der Waals surface area contributed by atoms with E-state index in [0.717, 1.165) is 33.2 Å². The second-order valence-corrected chi connectivity index (χ2v) is 13.9. The van der Waals surface area contributed by atoms with Crippen LogP contribution in [0.2, 0.25) is 15.1 Å². The Hall–Kier alpha value is -3.83. The number of nitrogens with zero attached hydrogens (tertiary/aromatic N) is 4. The predicted octanol–water partition coefficient (Wildman–Crippen LogP) is 6.70. The summed E-state index contributed by atoms with van der Waals surface area (Å²) in [6.07, 6.45) is 3.57. The highest BCUT2D eigenvalue weighted by molar-refractivity contribution is 7.15. The lowest BCUT2D eigenvalue weighted by Gasteiger charge is -2.36. The molecule has 1 aliphatic carbocycles. The molecule has 46 heavy (non-hydrogen) atoms. The fraction of sp³-hybridized carbons (Fsp3) is 0.273. The van der Waals surface area contributed by atoms with Gasteiger partial charge in [-0.1, -0.05) is 46.9 Å². The lowest BCUT2D eigenvalue weighted by molar-refractivity contribution is -0.123. The van der Waals surface area contributed by atoms with Crippen LogP contribution in [0.3, 0.4) is 0 Å². The number of aliphatic imine (C=N–C) groups is 1. The number of carbonyl (C=O) groups is 3. The normalized spacial score (nSPS) is 18.7. The maximum Gasteiger partial charge on any atom is 0.244 e. The van der Waals surface area contributed by atoms with E-state index in [1.54, 1.807) is 17.4 Å². The number of amides is 2. The Bertz CT molecular complexity index is 1920. The summed E-state index contributed by atoms with van der Waals surface area (Å²) in [6, 6.07) is 11.3. The third-order valence-corrected chi connectivity index (χ3v) is 10.2. The molecule has 1 aliphatic heterocycles. The number of halogens is 3. The molecule has 1 fully saturated rings. The topological polar surface area (TPSA) is 118 Å². The number of carbonyl (C=O) groups excluding carboxylic acids is 3. The van der Waals surface area contributed by atoms with Gasteiger partial charge in [0.15, 0.2) is 11.6 Å². The Labute approximate surface area is 284 Å². The van der Waals surface area contributed by atoms with Crippen molar-refractivity contribution in [1.82, 2.24) is 25.4 Å². The van der Waals surface area contributed by atoms with Crippen LogP contribution in [0.1, 0.15) is 68.9 Å². The number of aromatic nitrogens is 3. The molecule has 0 saturated heterocycles. The van der Waals surface area contributed by atoms with Crippen molar-refractivity contribution in [2.75, 3.05) is 0 Å². The lowest BCUT2D eigenvalue weighted by atomic mass is 9.86. The fourth-order valence-corrected chi connectivity index (χ4v) is 7.47. The molecule has 0 radical (unpaired) electrons. The standard InChI is InChI=1S/C33H29Cl3N6O3S/c1-16-17(2)46-33-30(16)31(19-4-6-20(34)7-5-19)39-26(32-41-40-18(3)42(32)33)15-29(45)38-23-13-22(14-23)37-28(44)11-10-27(43)24-9-8-21(35)12-25(24)36/h4-12,22-23,26H,13-15H2,1-3H3,(H,37,44)(H,38,45)/b11-10+/t22?,23?,26-/m0/s1. The third-order valence-electron chi connectivity index (χ3n) is 8.17. The number of hydrogen-bond acceptors (Lipinski definition) is 7. The number of nitrogens with one attached hydrogen (secondary N) is 2. The van der Waals surface area contributed by atoms with E-state index < -0.39 is 17.7 Å². The van der Waals surface area contributed by atoms with Crippen LogP contribution in [0.25, 0.3) is 5.00 Å². The van der Waals surface area contributed by atoms with Gasteiger partial charge in [0, 0.05) is 49.8 Å². The van der Waals surface area contributed by atoms with Gasteiger partial charge in [0.1, 0.15) is 16.9 Å². The van der Waals surface area contributed by atoms with Crippen molar-refractivity contribution in [3.8, 4) is 5.00 Å². The maximum atomic E-state index is 13.3. The Kier molecular flexibility index (Phi) is 9.16. The first kappa shape index (κ1) is 32.1. The van der Waals surface area contributed by atoms with Crippen molar-refractivity contribution in [1.29, 1.82) is 0 Å². The van der Waals surface area contributed by atoms with Crippen LogP contribution >= 0.6 is 46.1 Å². The van der Waals surface area contributed by atoms with Crippen molar-refractivity contribution in [3.05, 3.63) is 108 Å². The van der Waals surface area contributed by atoms with E-state index in [1.807, 2.05) is 35.8 Å². The fourth-order valence-electron chi connectivity index (χ4n) is 5.63. The first-order chi connectivity index (χ1) is 22.0. The van der Waals surface area contributed by atoms with Gasteiger partial charge in [-0.25, -0.2) is 0 Å². The zero-order chi connectivity index (χ0) is 32.7. The highest BCUT2D eigenvalue weighted by Gasteiger charge is 2.35. The van der Waals surface area contributed by atoms with Gasteiger partial charge in [0.2, 0.25) is 11.8 Å². The SMILES string of the molecule is Cc1sc2c(c1C)C(c1ccc(Cl)cc1)=N[C@@H](CC(=O)NC1CC(NC(=O)/C=C/C(=O)c3ccc(Cl)cc3Cl)C1)c1nnc(C)n1-2. The number of benzene rings is 2. The van der Waals surface area contributed by atoms with Gasteiger partial charge in [-0.05, 0) is 75.6 Å². The van der Waals surface area contributed by atoms with E-state index in [2.05, 4.69) is 34.7 Å². The van der Waals surface area contributed by atoms with Gasteiger partial charge in [-0.15, -0.1) is 21.5 Å². The molecule has 6 rings (SSSR count). The average Bonchev–Trinajstić information content (AvgIpc) is 3.47. The summed E-state index contributed by atoms with van der Waals surface area (Å²) in [5.74, 6) is 0.361. The van der Waals surface area contributed by atoms with E-state index >= 15 is 0 Å². The number of allylic oxidation sites excluding steroid dienone is 1. The largest absolute Gasteiger partial charge is 0.353 e. The smallest absolute Gasteiger partial charge is 0.244 e. The number of fused-ring (bicyclic) bond motifs is 3. The van der Waals surface area contributed by atoms with E-state index in [0.29, 0.717) is 28.7 Å². The van der Waals surface area contributed by atoms with Crippen LogP contribution < -0.4 is 10.6 Å². The molecule has 1 saturated carbocycles. The molecule has 2 aromatic heterocycles. The van der Waals surface area contributed by atoms with Crippen molar-refractivity contribution < 1.29 is 14.4 Å². The Morgan fingerprint density at radius 3 is 2.35 bits per heavy atom. The summed E-state index contributed by atoms with van der Waals surface area (Å²) in [7, 11) is 0. The van der Waals surface area contributed by atoms with Crippen LogP contribution in [-0.4, -0.2) is 50.2 Å². The monoisotopic (exact) mass is 694 g/mol. The van der Waals surface area contributed by atoms with Crippen molar-refractivity contribution >= 4 is 69.4 Å². The Morgan fingerprint density at radius 2 is 1.63 bits per heavy atom. The van der Waals surface area contributed by atoms with E-state index in [4.69, 9.17) is 39.8 Å². The summed E-state index contributed by atoms with van der Waals surface area (Å²) >= 11 is 19.8. The van der Waals surface area contributed by atoms with Gasteiger partial charge in [0.05, 0.1) is 17.2 Å². The van der Waals surface area contributed by atoms with Crippen LogP contribution in [0.5, 0.6) is 0 Å². The molecule has 13 heteroatoms. The quantitative estimate of drug-likeness (QED) is 0.157. The van der Waals surface area contributed by atoms with Gasteiger partial charge >= 0.3 is 0 Å². The molecule has 0 unspecified atom stereocenters. The molecule has 2 aliphatic rings. The first-order valence-electron chi connectivity index (χ1n) is 14.6.